The predicted octanol–water partition coefficient (Wildman–Crippen LogP) is 8.89. The van der Waals surface area contributed by atoms with Crippen LogP contribution in [0.3, 0.4) is 0 Å². The number of ether oxygens (including phenoxy) is 2. The molecule has 1 unspecified atom stereocenters. The normalized spacial score (nSPS) is 11.6. The van der Waals surface area contributed by atoms with Crippen LogP contribution in [0, 0.1) is 0 Å². The van der Waals surface area contributed by atoms with Crippen LogP contribution in [-0.2, 0) is 9.59 Å². The zero-order chi connectivity index (χ0) is 34.8. The van der Waals surface area contributed by atoms with Gasteiger partial charge in [-0.25, -0.2) is 0 Å². The zero-order valence-corrected chi connectivity index (χ0v) is 28.7. The summed E-state index contributed by atoms with van der Waals surface area (Å²) in [5, 5.41) is 8.63. The van der Waals surface area contributed by atoms with Gasteiger partial charge in [0.05, 0.1) is 24.9 Å². The summed E-state index contributed by atoms with van der Waals surface area (Å²) in [6, 6.07) is 35.1. The van der Waals surface area contributed by atoms with Crippen molar-refractivity contribution in [3.8, 4) is 11.5 Å². The van der Waals surface area contributed by atoms with Crippen molar-refractivity contribution in [3.05, 3.63) is 154 Å². The minimum absolute atomic E-state index is 0.0279. The fourth-order valence-corrected chi connectivity index (χ4v) is 6.33. The molecular weight excluding hydrogens is 681 g/mol. The van der Waals surface area contributed by atoms with Crippen LogP contribution >= 0.6 is 35.0 Å². The molecule has 3 N–H and O–H groups in total. The van der Waals surface area contributed by atoms with E-state index >= 15 is 0 Å². The van der Waals surface area contributed by atoms with Gasteiger partial charge in [0.1, 0.15) is 10.9 Å². The second-order valence-electron chi connectivity index (χ2n) is 10.5. The lowest BCUT2D eigenvalue weighted by atomic mass is 10.1. The molecule has 0 heterocycles. The first kappa shape index (κ1) is 35.1. The van der Waals surface area contributed by atoms with Crippen molar-refractivity contribution in [1.82, 2.24) is 5.32 Å². The van der Waals surface area contributed by atoms with E-state index in [1.807, 2.05) is 36.4 Å². The van der Waals surface area contributed by atoms with E-state index in [4.69, 9.17) is 32.7 Å². The van der Waals surface area contributed by atoms with E-state index in [0.29, 0.717) is 48.9 Å². The number of benzene rings is 5. The second kappa shape index (κ2) is 16.7. The monoisotopic (exact) mass is 711 g/mol. The first-order chi connectivity index (χ1) is 23.7. The highest BCUT2D eigenvalue weighted by molar-refractivity contribution is 8.00. The third-order valence-electron chi connectivity index (χ3n) is 7.14. The largest absolute Gasteiger partial charge is 0.493 e. The number of methoxy groups -OCH3 is 2. The van der Waals surface area contributed by atoms with Gasteiger partial charge < -0.3 is 25.4 Å². The highest BCUT2D eigenvalue weighted by Crippen LogP contribution is 2.38. The predicted molar refractivity (Wildman–Crippen MR) is 197 cm³/mol. The molecule has 248 valence electrons. The Morgan fingerprint density at radius 1 is 0.755 bits per heavy atom. The minimum atomic E-state index is -0.667. The van der Waals surface area contributed by atoms with Crippen LogP contribution in [0.5, 0.6) is 11.5 Å². The molecular formula is C38H31Cl2N3O5S. The maximum atomic E-state index is 13.8. The maximum Gasteiger partial charge on any atom is 0.272 e. The number of halogens is 2. The fraction of sp³-hybridized carbons (Fsp3) is 0.0789. The van der Waals surface area contributed by atoms with Gasteiger partial charge in [-0.3, -0.25) is 14.4 Å². The molecule has 0 bridgehead atoms. The summed E-state index contributed by atoms with van der Waals surface area (Å²) in [4.78, 5) is 41.3. The highest BCUT2D eigenvalue weighted by Gasteiger charge is 2.24. The van der Waals surface area contributed by atoms with E-state index in [-0.39, 0.29) is 11.6 Å². The molecule has 0 aliphatic carbocycles. The Morgan fingerprint density at radius 3 is 2.16 bits per heavy atom. The zero-order valence-electron chi connectivity index (χ0n) is 26.4. The van der Waals surface area contributed by atoms with Crippen molar-refractivity contribution in [2.45, 2.75) is 10.1 Å². The molecule has 0 saturated carbocycles. The van der Waals surface area contributed by atoms with E-state index in [9.17, 15) is 14.4 Å². The molecule has 0 fully saturated rings. The molecule has 49 heavy (non-hydrogen) atoms. The van der Waals surface area contributed by atoms with Gasteiger partial charge in [-0.1, -0.05) is 89.9 Å². The summed E-state index contributed by atoms with van der Waals surface area (Å²) in [7, 11) is 3.01. The highest BCUT2D eigenvalue weighted by atomic mass is 35.5. The second-order valence-corrected chi connectivity index (χ2v) is 12.5. The van der Waals surface area contributed by atoms with Crippen molar-refractivity contribution in [1.29, 1.82) is 0 Å². The number of hydrogen-bond acceptors (Lipinski definition) is 6. The summed E-state index contributed by atoms with van der Waals surface area (Å²) in [6.07, 6.45) is 1.52. The van der Waals surface area contributed by atoms with Crippen LogP contribution in [0.15, 0.2) is 132 Å². The van der Waals surface area contributed by atoms with E-state index in [1.165, 1.54) is 32.1 Å². The smallest absolute Gasteiger partial charge is 0.272 e. The third kappa shape index (κ3) is 9.23. The molecule has 1 atom stereocenters. The summed E-state index contributed by atoms with van der Waals surface area (Å²) in [5.74, 6) is -0.481. The molecule has 8 nitrogen and oxygen atoms in total. The standard InChI is InChI=1S/C38H31Cl2N3O5S/c1-47-33-18-9-15-26(34(33)48-2)21-32(43-36(44)25-13-7-4-8-14-25)37(45)41-28-16-10-17-29(23-28)49-35(24-11-5-3-6-12-24)38(46)42-31-20-19-27(39)22-30(31)40/h3-23,35H,1-2H3,(H,41,45)(H,42,46)(H,43,44)/b32-21+. The van der Waals surface area contributed by atoms with Crippen LogP contribution in [0.2, 0.25) is 10.0 Å². The number of nitrogens with one attached hydrogen (secondary N) is 3. The van der Waals surface area contributed by atoms with Crippen LogP contribution in [-0.4, -0.2) is 31.9 Å². The van der Waals surface area contributed by atoms with Crippen molar-refractivity contribution >= 4 is 70.1 Å². The number of amides is 3. The first-order valence-electron chi connectivity index (χ1n) is 14.9. The molecule has 5 aromatic rings. The van der Waals surface area contributed by atoms with Gasteiger partial charge in [0, 0.05) is 26.7 Å². The molecule has 5 aromatic carbocycles. The number of para-hydroxylation sites is 1. The van der Waals surface area contributed by atoms with E-state index in [2.05, 4.69) is 16.0 Å². The van der Waals surface area contributed by atoms with E-state index < -0.39 is 17.1 Å². The van der Waals surface area contributed by atoms with Crippen molar-refractivity contribution in [3.63, 3.8) is 0 Å². The van der Waals surface area contributed by atoms with Gasteiger partial charge in [0.2, 0.25) is 5.91 Å². The van der Waals surface area contributed by atoms with Crippen molar-refractivity contribution in [2.75, 3.05) is 24.9 Å². The summed E-state index contributed by atoms with van der Waals surface area (Å²) in [6.45, 7) is 0. The molecule has 0 saturated heterocycles. The Hall–Kier alpha value is -5.22. The average Bonchev–Trinajstić information content (AvgIpc) is 3.12. The van der Waals surface area contributed by atoms with Gasteiger partial charge in [-0.05, 0) is 66.2 Å². The molecule has 0 aromatic heterocycles. The van der Waals surface area contributed by atoms with E-state index in [1.54, 1.807) is 84.9 Å². The minimum Gasteiger partial charge on any atom is -0.493 e. The number of carbonyl (C=O) groups is 3. The Bertz CT molecular complexity index is 1990. The Balaban J connectivity index is 1.42. The summed E-state index contributed by atoms with van der Waals surface area (Å²) >= 11 is 13.7. The number of rotatable bonds is 12. The Labute approximate surface area is 298 Å². The van der Waals surface area contributed by atoms with Gasteiger partial charge >= 0.3 is 0 Å². The van der Waals surface area contributed by atoms with Crippen molar-refractivity contribution < 1.29 is 23.9 Å². The fourth-order valence-electron chi connectivity index (χ4n) is 4.80. The summed E-state index contributed by atoms with van der Waals surface area (Å²) in [5.41, 5.74) is 2.51. The number of carbonyl (C=O) groups excluding carboxylic acids is 3. The van der Waals surface area contributed by atoms with Crippen LogP contribution in [0.25, 0.3) is 6.08 Å². The lowest BCUT2D eigenvalue weighted by Gasteiger charge is -2.18. The molecule has 11 heteroatoms. The Morgan fingerprint density at radius 2 is 1.47 bits per heavy atom. The first-order valence-corrected chi connectivity index (χ1v) is 16.6. The van der Waals surface area contributed by atoms with Crippen LogP contribution in [0.4, 0.5) is 11.4 Å². The number of thioether (sulfide) groups is 1. The Kier molecular flexibility index (Phi) is 12.0. The number of hydrogen-bond donors (Lipinski definition) is 3. The van der Waals surface area contributed by atoms with Gasteiger partial charge in [0.15, 0.2) is 11.5 Å². The number of anilines is 2. The molecule has 0 spiro atoms. The van der Waals surface area contributed by atoms with E-state index in [0.717, 1.165) is 5.56 Å². The molecule has 5 rings (SSSR count). The van der Waals surface area contributed by atoms with Gasteiger partial charge in [-0.2, -0.15) is 0 Å². The topological polar surface area (TPSA) is 106 Å². The SMILES string of the molecule is COc1cccc(/C=C(/NC(=O)c2ccccc2)C(=O)Nc2cccc(SC(C(=O)Nc3ccc(Cl)cc3Cl)c3ccccc3)c2)c1OC. The maximum absolute atomic E-state index is 13.8. The van der Waals surface area contributed by atoms with Crippen molar-refractivity contribution in [2.24, 2.45) is 0 Å². The third-order valence-corrected chi connectivity index (χ3v) is 8.93. The molecule has 0 aliphatic heterocycles. The quantitative estimate of drug-likeness (QED) is 0.0882. The van der Waals surface area contributed by atoms with Gasteiger partial charge in [-0.15, -0.1) is 11.8 Å². The average molecular weight is 713 g/mol. The lowest BCUT2D eigenvalue weighted by Crippen LogP contribution is -2.30. The summed E-state index contributed by atoms with van der Waals surface area (Å²) < 4.78 is 11.0. The molecule has 3 amide bonds. The molecule has 0 radical (unpaired) electrons. The molecule has 0 aliphatic rings. The van der Waals surface area contributed by atoms with Gasteiger partial charge in [0.25, 0.3) is 11.8 Å². The van der Waals surface area contributed by atoms with Crippen LogP contribution in [0.1, 0.15) is 26.7 Å². The lowest BCUT2D eigenvalue weighted by molar-refractivity contribution is -0.116. The van der Waals surface area contributed by atoms with Crippen LogP contribution < -0.4 is 25.4 Å².